The molecule has 0 spiro atoms. The molecule has 0 heterocycles. The van der Waals surface area contributed by atoms with Crippen LogP contribution in [0.15, 0.2) is 24.3 Å². The average molecular weight is 240 g/mol. The summed E-state index contributed by atoms with van der Waals surface area (Å²) in [5.74, 6) is -0.437. The molecule has 0 amide bonds. The van der Waals surface area contributed by atoms with Crippen LogP contribution in [-0.2, 0) is 16.1 Å². The van der Waals surface area contributed by atoms with E-state index >= 15 is 0 Å². The first-order valence-corrected chi connectivity index (χ1v) is 5.48. The molecular weight excluding hydrogens is 223 g/mol. The maximum absolute atomic E-state index is 12.2. The predicted octanol–water partition coefficient (Wildman–Crippen LogP) is 2.60. The number of alkyl halides is 1. The highest BCUT2D eigenvalue weighted by Crippen LogP contribution is 2.08. The molecule has 0 N–H and O–H groups in total. The summed E-state index contributed by atoms with van der Waals surface area (Å²) in [6, 6.07) is 6.96. The number of carbonyl (C=O) groups is 1. The van der Waals surface area contributed by atoms with Crippen LogP contribution in [0.3, 0.4) is 0 Å². The highest BCUT2D eigenvalue weighted by atomic mass is 19.1. The van der Waals surface area contributed by atoms with Gasteiger partial charge in [-0.1, -0.05) is 19.1 Å². The van der Waals surface area contributed by atoms with E-state index in [9.17, 15) is 9.18 Å². The third-order valence-corrected chi connectivity index (χ3v) is 2.31. The number of hydrogen-bond donors (Lipinski definition) is 0. The van der Waals surface area contributed by atoms with E-state index in [2.05, 4.69) is 4.74 Å². The minimum Gasteiger partial charge on any atom is -0.465 e. The van der Waals surface area contributed by atoms with E-state index in [1.54, 1.807) is 31.2 Å². The largest absolute Gasteiger partial charge is 0.465 e. The van der Waals surface area contributed by atoms with Gasteiger partial charge in [-0.25, -0.2) is 4.79 Å². The fraction of sp³-hybridized carbons (Fsp3) is 0.462. The van der Waals surface area contributed by atoms with Crippen LogP contribution in [0.25, 0.3) is 0 Å². The number of carbonyl (C=O) groups excluding carboxylic acids is 1. The van der Waals surface area contributed by atoms with E-state index in [1.165, 1.54) is 7.11 Å². The summed E-state index contributed by atoms with van der Waals surface area (Å²) in [6.07, 6.45) is 0. The number of ether oxygens (including phenoxy) is 2. The molecule has 0 saturated heterocycles. The Morgan fingerprint density at radius 3 is 2.53 bits per heavy atom. The fourth-order valence-corrected chi connectivity index (χ4v) is 1.28. The summed E-state index contributed by atoms with van der Waals surface area (Å²) in [5, 5.41) is 0. The average Bonchev–Trinajstić information content (AvgIpc) is 2.38. The summed E-state index contributed by atoms with van der Waals surface area (Å²) >= 11 is 0. The van der Waals surface area contributed by atoms with Crippen LogP contribution >= 0.6 is 0 Å². The molecule has 0 fully saturated rings. The normalized spacial score (nSPS) is 12.2. The van der Waals surface area contributed by atoms with Gasteiger partial charge in [-0.2, -0.15) is 0 Å². The summed E-state index contributed by atoms with van der Waals surface area (Å²) in [5.41, 5.74) is 1.46. The zero-order valence-corrected chi connectivity index (χ0v) is 10.1. The number of benzene rings is 1. The summed E-state index contributed by atoms with van der Waals surface area (Å²) in [7, 11) is 1.34. The molecule has 0 aromatic heterocycles. The molecular formula is C13H17FO3. The molecule has 0 aliphatic heterocycles. The van der Waals surface area contributed by atoms with Crippen molar-refractivity contribution in [2.24, 2.45) is 5.92 Å². The van der Waals surface area contributed by atoms with Crippen LogP contribution in [0.2, 0.25) is 0 Å². The predicted molar refractivity (Wildman–Crippen MR) is 62.6 cm³/mol. The highest BCUT2D eigenvalue weighted by Gasteiger charge is 2.05. The quantitative estimate of drug-likeness (QED) is 0.717. The van der Waals surface area contributed by atoms with Crippen molar-refractivity contribution in [2.45, 2.75) is 13.5 Å². The lowest BCUT2D eigenvalue weighted by Crippen LogP contribution is -2.07. The Hall–Kier alpha value is -1.42. The van der Waals surface area contributed by atoms with Gasteiger partial charge in [-0.05, 0) is 17.7 Å². The molecule has 1 rings (SSSR count). The van der Waals surface area contributed by atoms with E-state index in [-0.39, 0.29) is 18.6 Å². The van der Waals surface area contributed by atoms with Crippen LogP contribution in [-0.4, -0.2) is 26.4 Å². The molecule has 17 heavy (non-hydrogen) atoms. The lowest BCUT2D eigenvalue weighted by molar-refractivity contribution is 0.0600. The number of hydrogen-bond acceptors (Lipinski definition) is 3. The van der Waals surface area contributed by atoms with Gasteiger partial charge in [0.15, 0.2) is 0 Å². The Bertz CT molecular complexity index is 348. The first kappa shape index (κ1) is 13.6. The van der Waals surface area contributed by atoms with Gasteiger partial charge in [-0.3, -0.25) is 4.39 Å². The smallest absolute Gasteiger partial charge is 0.337 e. The topological polar surface area (TPSA) is 35.5 Å². The zero-order chi connectivity index (χ0) is 12.7. The van der Waals surface area contributed by atoms with Gasteiger partial charge in [0, 0.05) is 5.92 Å². The van der Waals surface area contributed by atoms with Crippen molar-refractivity contribution in [1.29, 1.82) is 0 Å². The van der Waals surface area contributed by atoms with E-state index in [0.29, 0.717) is 18.8 Å². The maximum Gasteiger partial charge on any atom is 0.337 e. The van der Waals surface area contributed by atoms with Crippen LogP contribution in [0.1, 0.15) is 22.8 Å². The first-order valence-electron chi connectivity index (χ1n) is 5.48. The Balaban J connectivity index is 2.43. The highest BCUT2D eigenvalue weighted by molar-refractivity contribution is 5.89. The van der Waals surface area contributed by atoms with Gasteiger partial charge in [-0.15, -0.1) is 0 Å². The van der Waals surface area contributed by atoms with Crippen LogP contribution in [0, 0.1) is 5.92 Å². The van der Waals surface area contributed by atoms with Crippen molar-refractivity contribution < 1.29 is 18.7 Å². The lowest BCUT2D eigenvalue weighted by Gasteiger charge is -2.08. The minimum absolute atomic E-state index is 0.0793. The molecule has 3 nitrogen and oxygen atoms in total. The van der Waals surface area contributed by atoms with E-state index in [0.717, 1.165) is 5.56 Å². The Morgan fingerprint density at radius 1 is 1.35 bits per heavy atom. The third kappa shape index (κ3) is 4.53. The molecule has 1 unspecified atom stereocenters. The number of rotatable bonds is 6. The number of methoxy groups -OCH3 is 1. The second-order valence-corrected chi connectivity index (χ2v) is 3.96. The summed E-state index contributed by atoms with van der Waals surface area (Å²) < 4.78 is 22.1. The van der Waals surface area contributed by atoms with Crippen molar-refractivity contribution in [3.63, 3.8) is 0 Å². The van der Waals surface area contributed by atoms with Gasteiger partial charge in [0.25, 0.3) is 0 Å². The zero-order valence-electron chi connectivity index (χ0n) is 10.1. The van der Waals surface area contributed by atoms with Gasteiger partial charge < -0.3 is 9.47 Å². The van der Waals surface area contributed by atoms with Crippen molar-refractivity contribution in [3.8, 4) is 0 Å². The Labute approximate surface area is 101 Å². The second-order valence-electron chi connectivity index (χ2n) is 3.96. The van der Waals surface area contributed by atoms with Gasteiger partial charge in [0.05, 0.1) is 32.6 Å². The van der Waals surface area contributed by atoms with Crippen LogP contribution in [0.5, 0.6) is 0 Å². The molecule has 0 aliphatic rings. The van der Waals surface area contributed by atoms with Crippen molar-refractivity contribution in [2.75, 3.05) is 20.4 Å². The van der Waals surface area contributed by atoms with Gasteiger partial charge in [0.1, 0.15) is 0 Å². The SMILES string of the molecule is COC(=O)c1ccc(COCC(C)CF)cc1. The van der Waals surface area contributed by atoms with Crippen molar-refractivity contribution in [1.82, 2.24) is 0 Å². The van der Waals surface area contributed by atoms with Gasteiger partial charge in [0.2, 0.25) is 0 Å². The van der Waals surface area contributed by atoms with Crippen LogP contribution in [0.4, 0.5) is 4.39 Å². The fourth-order valence-electron chi connectivity index (χ4n) is 1.28. The second kappa shape index (κ2) is 7.01. The standard InChI is InChI=1S/C13H17FO3/c1-10(7-14)8-17-9-11-3-5-12(6-4-11)13(15)16-2/h3-6,10H,7-9H2,1-2H3. The molecule has 1 aromatic rings. The maximum atomic E-state index is 12.2. The Morgan fingerprint density at radius 2 is 2.00 bits per heavy atom. The van der Waals surface area contributed by atoms with E-state index in [4.69, 9.17) is 4.74 Å². The molecule has 0 aliphatic carbocycles. The Kier molecular flexibility index (Phi) is 5.63. The molecule has 1 atom stereocenters. The molecule has 4 heteroatoms. The number of halogens is 1. The minimum atomic E-state index is -0.374. The van der Waals surface area contributed by atoms with E-state index < -0.39 is 0 Å². The van der Waals surface area contributed by atoms with Crippen molar-refractivity contribution >= 4 is 5.97 Å². The molecule has 0 radical (unpaired) electrons. The molecule has 94 valence electrons. The summed E-state index contributed by atoms with van der Waals surface area (Å²) in [6.45, 7) is 2.24. The lowest BCUT2D eigenvalue weighted by atomic mass is 10.1. The molecule has 0 saturated carbocycles. The van der Waals surface area contributed by atoms with Crippen molar-refractivity contribution in [3.05, 3.63) is 35.4 Å². The molecule has 0 bridgehead atoms. The molecule has 1 aromatic carbocycles. The first-order chi connectivity index (χ1) is 8.17. The third-order valence-electron chi connectivity index (χ3n) is 2.31. The number of esters is 1. The summed E-state index contributed by atoms with van der Waals surface area (Å²) in [4.78, 5) is 11.2. The van der Waals surface area contributed by atoms with Crippen LogP contribution < -0.4 is 0 Å². The van der Waals surface area contributed by atoms with E-state index in [1.807, 2.05) is 0 Å². The van der Waals surface area contributed by atoms with Gasteiger partial charge >= 0.3 is 5.97 Å². The monoisotopic (exact) mass is 240 g/mol.